The first kappa shape index (κ1) is 79.8. The van der Waals surface area contributed by atoms with Crippen LogP contribution in [0.25, 0.3) is 0 Å². The second-order valence-corrected chi connectivity index (χ2v) is 25.0. The van der Waals surface area contributed by atoms with E-state index in [9.17, 15) is 45.6 Å². The van der Waals surface area contributed by atoms with Gasteiger partial charge in [-0.05, 0) is 57.8 Å². The van der Waals surface area contributed by atoms with Gasteiger partial charge in [0.1, 0.15) is 48.8 Å². The molecule has 0 bridgehead atoms. The van der Waals surface area contributed by atoms with E-state index in [4.69, 9.17) is 18.9 Å². The Morgan fingerprint density at radius 1 is 0.430 bits per heavy atom. The van der Waals surface area contributed by atoms with Crippen LogP contribution >= 0.6 is 0 Å². The molecule has 502 valence electrons. The minimum atomic E-state index is -1.78. The lowest BCUT2D eigenvalue weighted by Crippen LogP contribution is -2.65. The molecule has 14 nitrogen and oxygen atoms in total. The summed E-state index contributed by atoms with van der Waals surface area (Å²) in [5, 5.41) is 87.3. The molecule has 2 aliphatic heterocycles. The molecule has 0 aromatic carbocycles. The maximum Gasteiger partial charge on any atom is 0.220 e. The van der Waals surface area contributed by atoms with Crippen molar-refractivity contribution >= 4 is 5.91 Å². The van der Waals surface area contributed by atoms with Gasteiger partial charge in [0.25, 0.3) is 0 Å². The third kappa shape index (κ3) is 40.4. The fourth-order valence-corrected chi connectivity index (χ4v) is 11.6. The highest BCUT2D eigenvalue weighted by Gasteiger charge is 2.51. The van der Waals surface area contributed by atoms with E-state index in [0.29, 0.717) is 12.8 Å². The van der Waals surface area contributed by atoms with Crippen LogP contribution in [-0.4, -0.2) is 140 Å². The van der Waals surface area contributed by atoms with Gasteiger partial charge in [-0.15, -0.1) is 0 Å². The van der Waals surface area contributed by atoms with E-state index < -0.39 is 86.8 Å². The van der Waals surface area contributed by atoms with Crippen molar-refractivity contribution in [2.45, 2.75) is 370 Å². The van der Waals surface area contributed by atoms with Crippen molar-refractivity contribution < 1.29 is 64.6 Å². The van der Waals surface area contributed by atoms with Crippen LogP contribution in [0.5, 0.6) is 0 Å². The van der Waals surface area contributed by atoms with Gasteiger partial charge in [-0.2, -0.15) is 0 Å². The molecule has 0 aliphatic carbocycles. The Hall–Kier alpha value is -2.31. The Balaban J connectivity index is 1.51. The van der Waals surface area contributed by atoms with Crippen LogP contribution in [0.2, 0.25) is 0 Å². The first-order valence-electron chi connectivity index (χ1n) is 35.5. The summed E-state index contributed by atoms with van der Waals surface area (Å²) < 4.78 is 22.8. The molecule has 0 aromatic rings. The molecule has 2 aliphatic rings. The van der Waals surface area contributed by atoms with Gasteiger partial charge in [-0.1, -0.05) is 293 Å². The lowest BCUT2D eigenvalue weighted by Gasteiger charge is -2.46. The smallest absolute Gasteiger partial charge is 0.220 e. The molecule has 2 heterocycles. The van der Waals surface area contributed by atoms with Gasteiger partial charge < -0.3 is 65.1 Å². The molecular weight excluding hydrogens is 1090 g/mol. The van der Waals surface area contributed by atoms with E-state index >= 15 is 0 Å². The van der Waals surface area contributed by atoms with Crippen molar-refractivity contribution in [1.82, 2.24) is 5.32 Å². The molecule has 14 heteroatoms. The number of allylic oxidation sites excluding steroid dienone is 10. The Morgan fingerprint density at radius 3 is 1.23 bits per heavy atom. The second-order valence-electron chi connectivity index (χ2n) is 25.0. The van der Waals surface area contributed by atoms with E-state index in [1.54, 1.807) is 0 Å². The molecule has 1 amide bonds. The van der Waals surface area contributed by atoms with E-state index in [1.165, 1.54) is 186 Å². The number of carbonyl (C=O) groups is 1. The van der Waals surface area contributed by atoms with Gasteiger partial charge in [0.05, 0.1) is 32.0 Å². The molecule has 0 radical (unpaired) electrons. The number of ether oxygens (including phenoxy) is 4. The number of unbranched alkanes of at least 4 members (excludes halogenated alkanes) is 35. The van der Waals surface area contributed by atoms with E-state index in [-0.39, 0.29) is 12.5 Å². The highest BCUT2D eigenvalue weighted by Crippen LogP contribution is 2.30. The highest BCUT2D eigenvalue weighted by molar-refractivity contribution is 5.76. The summed E-state index contributed by atoms with van der Waals surface area (Å²) >= 11 is 0. The SMILES string of the molecule is CC/C=C\C/C=C\C/C=C\C/C=C\C/C=C\CCCCCCCCCCCCCCCCCCCCCCCCCCCC(=O)NC(COC1OC(CO)C(OC2OC(CO)C(O)C(O)C2O)C(O)C1O)C(O)CCCCCCCCCCCCC. The zero-order valence-electron chi connectivity index (χ0n) is 54.6. The van der Waals surface area contributed by atoms with Gasteiger partial charge in [-0.25, -0.2) is 0 Å². The molecule has 2 saturated heterocycles. The highest BCUT2D eigenvalue weighted by atomic mass is 16.7. The number of nitrogens with one attached hydrogen (secondary N) is 1. The number of amides is 1. The van der Waals surface area contributed by atoms with Crippen LogP contribution in [0.1, 0.15) is 296 Å². The minimum absolute atomic E-state index is 0.203. The summed E-state index contributed by atoms with van der Waals surface area (Å²) in [6.45, 7) is 2.75. The largest absolute Gasteiger partial charge is 0.394 e. The molecule has 9 N–H and O–H groups in total. The maximum atomic E-state index is 13.3. The number of carbonyl (C=O) groups excluding carboxylic acids is 1. The molecule has 0 spiro atoms. The number of aliphatic hydroxyl groups excluding tert-OH is 8. The van der Waals surface area contributed by atoms with E-state index in [2.05, 4.69) is 79.9 Å². The predicted octanol–water partition coefficient (Wildman–Crippen LogP) is 14.5. The van der Waals surface area contributed by atoms with Crippen molar-refractivity contribution in [3.8, 4) is 0 Å². The number of hydrogen-bond acceptors (Lipinski definition) is 13. The molecule has 0 aromatic heterocycles. The Kier molecular flexibility index (Phi) is 52.6. The zero-order valence-corrected chi connectivity index (χ0v) is 54.6. The lowest BCUT2D eigenvalue weighted by atomic mass is 9.97. The summed E-state index contributed by atoms with van der Waals surface area (Å²) in [4.78, 5) is 13.3. The fourth-order valence-electron chi connectivity index (χ4n) is 11.6. The van der Waals surface area contributed by atoms with Crippen molar-refractivity contribution in [1.29, 1.82) is 0 Å². The van der Waals surface area contributed by atoms with Gasteiger partial charge >= 0.3 is 0 Å². The number of aliphatic hydroxyl groups is 8. The molecular formula is C72H131NO13. The van der Waals surface area contributed by atoms with Gasteiger partial charge in [0.2, 0.25) is 5.91 Å². The van der Waals surface area contributed by atoms with Crippen molar-refractivity contribution in [2.24, 2.45) is 0 Å². The third-order valence-electron chi connectivity index (χ3n) is 17.2. The minimum Gasteiger partial charge on any atom is -0.394 e. The lowest BCUT2D eigenvalue weighted by molar-refractivity contribution is -0.359. The fraction of sp³-hybridized carbons (Fsp3) is 0.847. The van der Waals surface area contributed by atoms with Gasteiger partial charge in [0, 0.05) is 6.42 Å². The van der Waals surface area contributed by atoms with Crippen LogP contribution < -0.4 is 5.32 Å². The topological polar surface area (TPSA) is 228 Å². The van der Waals surface area contributed by atoms with Gasteiger partial charge in [0.15, 0.2) is 12.6 Å². The summed E-state index contributed by atoms with van der Waals surface area (Å²) in [7, 11) is 0. The van der Waals surface area contributed by atoms with E-state index in [1.807, 2.05) is 0 Å². The van der Waals surface area contributed by atoms with E-state index in [0.717, 1.165) is 83.5 Å². The Labute approximate surface area is 524 Å². The normalized spacial score (nSPS) is 23.7. The molecule has 2 fully saturated rings. The summed E-state index contributed by atoms with van der Waals surface area (Å²) in [5.41, 5.74) is 0. The average molecular weight is 1220 g/mol. The second kappa shape index (κ2) is 56.7. The first-order valence-corrected chi connectivity index (χ1v) is 35.5. The molecule has 2 rings (SSSR count). The Morgan fingerprint density at radius 2 is 0.802 bits per heavy atom. The predicted molar refractivity (Wildman–Crippen MR) is 350 cm³/mol. The molecule has 12 atom stereocenters. The maximum absolute atomic E-state index is 13.3. The van der Waals surface area contributed by atoms with Crippen LogP contribution in [0, 0.1) is 0 Å². The van der Waals surface area contributed by atoms with Crippen LogP contribution in [-0.2, 0) is 23.7 Å². The monoisotopic (exact) mass is 1220 g/mol. The standard InChI is InChI=1S/C72H131NO13/c1-3-5-7-9-11-13-15-16-17-18-19-20-21-22-23-24-25-26-27-28-29-30-31-32-33-34-35-36-37-38-39-40-41-42-43-44-46-48-50-52-54-56-64(77)73-60(61(76)55-53-51-49-47-45-14-12-10-8-6-4-2)59-83-71-69(82)67(80)70(63(58-75)85-71)86-72-68(81)66(79)65(78)62(57-74)84-72/h5,7,11,13,16-17,19-20,22-23,60-63,65-72,74-76,78-82H,3-4,6,8-10,12,14-15,18,21,24-59H2,1-2H3,(H,73,77)/b7-5-,13-11-,17-16-,20-19-,23-22-. The average Bonchev–Trinajstić information content (AvgIpc) is 1.60. The summed E-state index contributed by atoms with van der Waals surface area (Å²) in [6, 6.07) is -0.826. The van der Waals surface area contributed by atoms with Gasteiger partial charge in [-0.3, -0.25) is 4.79 Å². The first-order chi connectivity index (χ1) is 42.1. The van der Waals surface area contributed by atoms with Crippen LogP contribution in [0.15, 0.2) is 60.8 Å². The van der Waals surface area contributed by atoms with Crippen molar-refractivity contribution in [3.63, 3.8) is 0 Å². The Bertz CT molecular complexity index is 1670. The van der Waals surface area contributed by atoms with Crippen LogP contribution in [0.3, 0.4) is 0 Å². The number of rotatable bonds is 58. The molecule has 12 unspecified atom stereocenters. The van der Waals surface area contributed by atoms with Crippen LogP contribution in [0.4, 0.5) is 0 Å². The molecule has 0 saturated carbocycles. The third-order valence-corrected chi connectivity index (χ3v) is 17.2. The number of hydrogen-bond donors (Lipinski definition) is 9. The summed E-state index contributed by atoms with van der Waals surface area (Å²) in [5.74, 6) is -0.203. The summed E-state index contributed by atoms with van der Waals surface area (Å²) in [6.07, 6.45) is 58.5. The zero-order chi connectivity index (χ0) is 62.3. The van der Waals surface area contributed by atoms with Crippen molar-refractivity contribution in [2.75, 3.05) is 19.8 Å². The molecule has 86 heavy (non-hydrogen) atoms. The van der Waals surface area contributed by atoms with Crippen molar-refractivity contribution in [3.05, 3.63) is 60.8 Å². The quantitative estimate of drug-likeness (QED) is 0.0204.